The number of hydrogen-bond acceptors (Lipinski definition) is 5. The van der Waals surface area contributed by atoms with Crippen molar-refractivity contribution in [3.8, 4) is 10.7 Å². The average Bonchev–Trinajstić information content (AvgIpc) is 3.31. The Morgan fingerprint density at radius 1 is 1.36 bits per heavy atom. The number of thiophene rings is 1. The first kappa shape index (κ1) is 16.4. The molecule has 0 fully saturated rings. The maximum absolute atomic E-state index is 12.8. The fourth-order valence-electron chi connectivity index (χ4n) is 3.10. The topological polar surface area (TPSA) is 61.9 Å². The lowest BCUT2D eigenvalue weighted by Gasteiger charge is -2.35. The average molecular weight is 371 g/mol. The molecule has 3 aromatic rings. The summed E-state index contributed by atoms with van der Waals surface area (Å²) in [5.74, 6) is 1.19. The second-order valence-electron chi connectivity index (χ2n) is 6.01. The van der Waals surface area contributed by atoms with E-state index >= 15 is 0 Å². The van der Waals surface area contributed by atoms with Crippen LogP contribution in [0, 0.1) is 0 Å². The smallest absolute Gasteiger partial charge is 0.237 e. The van der Waals surface area contributed by atoms with Gasteiger partial charge in [-0.25, -0.2) is 4.98 Å². The predicted octanol–water partition coefficient (Wildman–Crippen LogP) is 3.99. The van der Waals surface area contributed by atoms with E-state index in [1.807, 2.05) is 40.6 Å². The van der Waals surface area contributed by atoms with Crippen molar-refractivity contribution in [3.05, 3.63) is 47.3 Å². The van der Waals surface area contributed by atoms with Crippen LogP contribution in [0.2, 0.25) is 0 Å². The Labute approximate surface area is 154 Å². The van der Waals surface area contributed by atoms with Crippen molar-refractivity contribution >= 4 is 34.7 Å². The van der Waals surface area contributed by atoms with Crippen LogP contribution >= 0.6 is 23.1 Å². The molecule has 3 heterocycles. The summed E-state index contributed by atoms with van der Waals surface area (Å²) in [5.41, 5.74) is 2.29. The van der Waals surface area contributed by atoms with E-state index in [4.69, 9.17) is 0 Å². The number of aromatic amines is 1. The van der Waals surface area contributed by atoms with Crippen LogP contribution in [-0.4, -0.2) is 32.9 Å². The van der Waals surface area contributed by atoms with Gasteiger partial charge in [-0.15, -0.1) is 16.4 Å². The fourth-order valence-corrected chi connectivity index (χ4v) is 4.42. The minimum atomic E-state index is 0.104. The first-order valence-electron chi connectivity index (χ1n) is 8.21. The van der Waals surface area contributed by atoms with Crippen LogP contribution in [-0.2, 0) is 11.2 Å². The zero-order valence-corrected chi connectivity index (χ0v) is 15.4. The summed E-state index contributed by atoms with van der Waals surface area (Å²) in [4.78, 5) is 20.3. The zero-order valence-electron chi connectivity index (χ0n) is 13.8. The first-order valence-corrected chi connectivity index (χ1v) is 10.1. The summed E-state index contributed by atoms with van der Waals surface area (Å²) < 4.78 is 0. The van der Waals surface area contributed by atoms with Crippen molar-refractivity contribution in [2.45, 2.75) is 31.0 Å². The molecule has 25 heavy (non-hydrogen) atoms. The van der Waals surface area contributed by atoms with Gasteiger partial charge >= 0.3 is 0 Å². The highest BCUT2D eigenvalue weighted by molar-refractivity contribution is 7.99. The summed E-state index contributed by atoms with van der Waals surface area (Å²) in [6.07, 6.45) is 2.02. The highest BCUT2D eigenvalue weighted by atomic mass is 32.2. The molecule has 0 aliphatic carbocycles. The van der Waals surface area contributed by atoms with Crippen LogP contribution in [0.25, 0.3) is 10.7 Å². The maximum Gasteiger partial charge on any atom is 0.237 e. The number of nitrogens with zero attached hydrogens (tertiary/aromatic N) is 3. The fraction of sp³-hybridized carbons (Fsp3) is 0.278. The molecular formula is C18H18N4OS2. The lowest BCUT2D eigenvalue weighted by molar-refractivity contribution is -0.116. The number of H-pyrrole nitrogens is 1. The summed E-state index contributed by atoms with van der Waals surface area (Å²) in [6.45, 7) is 2.11. The number of amides is 1. The molecular weight excluding hydrogens is 352 g/mol. The van der Waals surface area contributed by atoms with Gasteiger partial charge in [-0.2, -0.15) is 0 Å². The van der Waals surface area contributed by atoms with Crippen molar-refractivity contribution in [2.75, 3.05) is 10.7 Å². The quantitative estimate of drug-likeness (QED) is 0.705. The number of thioether (sulfide) groups is 1. The molecule has 0 saturated heterocycles. The van der Waals surface area contributed by atoms with Crippen molar-refractivity contribution in [1.29, 1.82) is 0 Å². The van der Waals surface area contributed by atoms with E-state index < -0.39 is 0 Å². The third-order valence-corrected chi connectivity index (χ3v) is 6.04. The number of carbonyl (C=O) groups excluding carboxylic acids is 1. The number of para-hydroxylation sites is 1. The highest BCUT2D eigenvalue weighted by Gasteiger charge is 2.28. The van der Waals surface area contributed by atoms with Gasteiger partial charge in [0.1, 0.15) is 0 Å². The molecule has 1 unspecified atom stereocenters. The molecule has 128 valence electrons. The minimum absolute atomic E-state index is 0.104. The SMILES string of the molecule is CC1CCc2ccccc2N1C(=O)CSc1n[nH]c(-c2cccs2)n1. The van der Waals surface area contributed by atoms with Gasteiger partial charge in [-0.1, -0.05) is 36.0 Å². The van der Waals surface area contributed by atoms with Gasteiger partial charge in [0.2, 0.25) is 11.1 Å². The third-order valence-electron chi connectivity index (χ3n) is 4.34. The van der Waals surface area contributed by atoms with Gasteiger partial charge in [0.25, 0.3) is 0 Å². The molecule has 2 aromatic heterocycles. The number of anilines is 1. The monoisotopic (exact) mass is 370 g/mol. The van der Waals surface area contributed by atoms with Gasteiger partial charge in [0, 0.05) is 11.7 Å². The van der Waals surface area contributed by atoms with Crippen molar-refractivity contribution in [3.63, 3.8) is 0 Å². The van der Waals surface area contributed by atoms with Crippen LogP contribution in [0.15, 0.2) is 46.9 Å². The Hall–Kier alpha value is -2.12. The number of aromatic nitrogens is 3. The number of benzene rings is 1. The van der Waals surface area contributed by atoms with Crippen LogP contribution in [0.4, 0.5) is 5.69 Å². The Balaban J connectivity index is 1.46. The van der Waals surface area contributed by atoms with E-state index in [2.05, 4.69) is 28.2 Å². The van der Waals surface area contributed by atoms with Crippen LogP contribution in [0.5, 0.6) is 0 Å². The van der Waals surface area contributed by atoms with E-state index in [0.29, 0.717) is 10.9 Å². The summed E-state index contributed by atoms with van der Waals surface area (Å²) in [6, 6.07) is 12.4. The van der Waals surface area contributed by atoms with Gasteiger partial charge in [-0.05, 0) is 42.8 Å². The van der Waals surface area contributed by atoms with Gasteiger partial charge in [0.05, 0.1) is 10.6 Å². The van der Waals surface area contributed by atoms with E-state index in [9.17, 15) is 4.79 Å². The van der Waals surface area contributed by atoms with Crippen LogP contribution < -0.4 is 4.90 Å². The molecule has 1 aliphatic rings. The molecule has 5 nitrogen and oxygen atoms in total. The molecule has 0 spiro atoms. The molecule has 0 bridgehead atoms. The Morgan fingerprint density at radius 2 is 2.24 bits per heavy atom. The van der Waals surface area contributed by atoms with Crippen LogP contribution in [0.1, 0.15) is 18.9 Å². The van der Waals surface area contributed by atoms with Crippen molar-refractivity contribution in [1.82, 2.24) is 15.2 Å². The van der Waals surface area contributed by atoms with Gasteiger partial charge in [-0.3, -0.25) is 9.89 Å². The number of hydrogen-bond donors (Lipinski definition) is 1. The summed E-state index contributed by atoms with van der Waals surface area (Å²) in [7, 11) is 0. The molecule has 1 amide bonds. The number of aryl methyl sites for hydroxylation is 1. The molecule has 1 aliphatic heterocycles. The number of fused-ring (bicyclic) bond motifs is 1. The second-order valence-corrected chi connectivity index (χ2v) is 7.90. The van der Waals surface area contributed by atoms with E-state index in [1.165, 1.54) is 17.3 Å². The van der Waals surface area contributed by atoms with Crippen molar-refractivity contribution < 1.29 is 4.79 Å². The largest absolute Gasteiger partial charge is 0.309 e. The van der Waals surface area contributed by atoms with Gasteiger partial charge in [0.15, 0.2) is 5.82 Å². The Morgan fingerprint density at radius 3 is 3.08 bits per heavy atom. The maximum atomic E-state index is 12.8. The Bertz CT molecular complexity index is 875. The molecule has 4 rings (SSSR count). The molecule has 1 atom stereocenters. The normalized spacial score (nSPS) is 16.7. The third kappa shape index (κ3) is 3.34. The lowest BCUT2D eigenvalue weighted by atomic mass is 9.97. The van der Waals surface area contributed by atoms with E-state index in [0.717, 1.165) is 29.2 Å². The van der Waals surface area contributed by atoms with Gasteiger partial charge < -0.3 is 4.90 Å². The number of carbonyl (C=O) groups is 1. The number of rotatable bonds is 4. The molecule has 0 saturated carbocycles. The second kappa shape index (κ2) is 7.01. The molecule has 1 N–H and O–H groups in total. The molecule has 0 radical (unpaired) electrons. The van der Waals surface area contributed by atoms with Crippen molar-refractivity contribution in [2.24, 2.45) is 0 Å². The molecule has 1 aromatic carbocycles. The lowest BCUT2D eigenvalue weighted by Crippen LogP contribution is -2.43. The summed E-state index contributed by atoms with van der Waals surface area (Å²) >= 11 is 2.99. The van der Waals surface area contributed by atoms with E-state index in [1.54, 1.807) is 11.3 Å². The van der Waals surface area contributed by atoms with E-state index in [-0.39, 0.29) is 11.9 Å². The van der Waals surface area contributed by atoms with Crippen LogP contribution in [0.3, 0.4) is 0 Å². The summed E-state index contributed by atoms with van der Waals surface area (Å²) in [5, 5.41) is 9.76. The minimum Gasteiger partial charge on any atom is -0.309 e. The first-order chi connectivity index (χ1) is 12.2. The molecule has 7 heteroatoms. The number of nitrogens with one attached hydrogen (secondary N) is 1. The Kier molecular flexibility index (Phi) is 4.59. The predicted molar refractivity (Wildman–Crippen MR) is 102 cm³/mol. The standard InChI is InChI=1S/C18H18N4OS2/c1-12-8-9-13-5-2-3-6-14(13)22(12)16(23)11-25-18-19-17(20-21-18)15-7-4-10-24-15/h2-7,10,12H,8-9,11H2,1H3,(H,19,20,21). The zero-order chi connectivity index (χ0) is 17.2. The highest BCUT2D eigenvalue weighted by Crippen LogP contribution is 2.31.